The van der Waals surface area contributed by atoms with Crippen molar-refractivity contribution in [3.05, 3.63) is 53.7 Å². The van der Waals surface area contributed by atoms with Gasteiger partial charge in [-0.2, -0.15) is 0 Å². The van der Waals surface area contributed by atoms with Gasteiger partial charge in [0.2, 0.25) is 0 Å². The van der Waals surface area contributed by atoms with Crippen molar-refractivity contribution in [1.29, 1.82) is 0 Å². The number of aryl methyl sites for hydroxylation is 1. The Balaban J connectivity index is 1.95. The molecule has 0 amide bonds. The van der Waals surface area contributed by atoms with Gasteiger partial charge in [-0.3, -0.25) is 9.78 Å². The number of carbonyl (C=O) groups excluding carboxylic acids is 1. The van der Waals surface area contributed by atoms with E-state index >= 15 is 0 Å². The van der Waals surface area contributed by atoms with Crippen LogP contribution in [0.2, 0.25) is 0 Å². The molecule has 2 atom stereocenters. The number of nitrogens with zero attached hydrogens (tertiary/aromatic N) is 2. The summed E-state index contributed by atoms with van der Waals surface area (Å²) in [5.74, 6) is 1.22. The second-order valence-electron chi connectivity index (χ2n) is 5.51. The molecule has 3 rings (SSSR count). The van der Waals surface area contributed by atoms with Crippen LogP contribution in [0.4, 0.5) is 0 Å². The lowest BCUT2D eigenvalue weighted by Crippen LogP contribution is -2.35. The molecule has 2 aromatic rings. The molecule has 0 aliphatic carbocycles. The van der Waals surface area contributed by atoms with E-state index < -0.39 is 0 Å². The van der Waals surface area contributed by atoms with Crippen LogP contribution in [0.5, 0.6) is 0 Å². The zero-order chi connectivity index (χ0) is 17.1. The summed E-state index contributed by atoms with van der Waals surface area (Å²) in [5, 5.41) is 3.74. The second kappa shape index (κ2) is 7.00. The van der Waals surface area contributed by atoms with Crippen molar-refractivity contribution in [2.24, 2.45) is 0 Å². The Hall–Kier alpha value is -2.41. The van der Waals surface area contributed by atoms with Crippen molar-refractivity contribution in [3.63, 3.8) is 0 Å². The van der Waals surface area contributed by atoms with Crippen LogP contribution in [0.15, 0.2) is 40.9 Å². The molecule has 0 radical (unpaired) electrons. The molecule has 0 saturated carbocycles. The summed E-state index contributed by atoms with van der Waals surface area (Å²) in [6.45, 7) is 4.06. The lowest BCUT2D eigenvalue weighted by molar-refractivity contribution is -0.143. The quantitative estimate of drug-likeness (QED) is 0.660. The van der Waals surface area contributed by atoms with Gasteiger partial charge in [-0.05, 0) is 50.3 Å². The first-order valence-electron chi connectivity index (χ1n) is 7.80. The molecule has 1 N–H and O–H groups in total. The summed E-state index contributed by atoms with van der Waals surface area (Å²) in [4.78, 5) is 18.2. The van der Waals surface area contributed by atoms with E-state index in [1.165, 1.54) is 0 Å². The summed E-state index contributed by atoms with van der Waals surface area (Å²) >= 11 is 5.44. The molecule has 126 valence electrons. The summed E-state index contributed by atoms with van der Waals surface area (Å²) in [5.41, 5.74) is 0.838. The minimum absolute atomic E-state index is 0.0629. The number of carbonyl (C=O) groups is 1. The molecule has 24 heavy (non-hydrogen) atoms. The first kappa shape index (κ1) is 16.4. The monoisotopic (exact) mass is 345 g/mol. The lowest BCUT2D eigenvalue weighted by atomic mass is 10.0. The Bertz CT molecular complexity index is 732. The zero-order valence-corrected chi connectivity index (χ0v) is 14.4. The molecule has 7 heteroatoms. The van der Waals surface area contributed by atoms with Gasteiger partial charge in [0.1, 0.15) is 24.1 Å². The highest BCUT2D eigenvalue weighted by Gasteiger charge is 2.42. The van der Waals surface area contributed by atoms with Crippen LogP contribution in [0.1, 0.15) is 36.2 Å². The van der Waals surface area contributed by atoms with Crippen molar-refractivity contribution in [2.45, 2.75) is 25.9 Å². The number of aromatic nitrogens is 1. The Kier molecular flexibility index (Phi) is 4.80. The third-order valence-corrected chi connectivity index (χ3v) is 4.21. The molecule has 6 nitrogen and oxygen atoms in total. The average Bonchev–Trinajstić information content (AvgIpc) is 3.13. The van der Waals surface area contributed by atoms with Crippen LogP contribution < -0.4 is 5.32 Å². The predicted octanol–water partition coefficient (Wildman–Crippen LogP) is 2.52. The standard InChI is InChI=1S/C17H19N3O3S/c1-3-22-14(21)10-20-16(13-8-7-11(2)23-13)15(19-17(20)24)12-6-4-5-9-18-12/h4-9,15-16H,3,10H2,1-2H3,(H,19,24)/t15-,16+/m0/s1. The Morgan fingerprint density at radius 1 is 1.42 bits per heavy atom. The number of nitrogens with one attached hydrogen (secondary N) is 1. The third kappa shape index (κ3) is 3.26. The fourth-order valence-electron chi connectivity index (χ4n) is 2.84. The van der Waals surface area contributed by atoms with Gasteiger partial charge in [0.05, 0.1) is 18.3 Å². The highest BCUT2D eigenvalue weighted by atomic mass is 32.1. The molecule has 2 aromatic heterocycles. The van der Waals surface area contributed by atoms with E-state index in [0.29, 0.717) is 11.7 Å². The fraction of sp³-hybridized carbons (Fsp3) is 0.353. The molecule has 0 bridgehead atoms. The number of esters is 1. The van der Waals surface area contributed by atoms with Crippen LogP contribution >= 0.6 is 12.2 Å². The molecular weight excluding hydrogens is 326 g/mol. The van der Waals surface area contributed by atoms with Crippen LogP contribution in [0.25, 0.3) is 0 Å². The van der Waals surface area contributed by atoms with Crippen molar-refractivity contribution in [1.82, 2.24) is 15.2 Å². The van der Waals surface area contributed by atoms with E-state index in [4.69, 9.17) is 21.4 Å². The number of thiocarbonyl (C=S) groups is 1. The van der Waals surface area contributed by atoms with Crippen molar-refractivity contribution in [3.8, 4) is 0 Å². The number of furan rings is 1. The predicted molar refractivity (Wildman–Crippen MR) is 92.2 cm³/mol. The molecule has 1 saturated heterocycles. The Labute approximate surface area is 145 Å². The first-order chi connectivity index (χ1) is 11.6. The van der Waals surface area contributed by atoms with Crippen molar-refractivity contribution in [2.75, 3.05) is 13.2 Å². The summed E-state index contributed by atoms with van der Waals surface area (Å²) in [6.07, 6.45) is 1.73. The molecule has 0 aromatic carbocycles. The van der Waals surface area contributed by atoms with Crippen LogP contribution in [0.3, 0.4) is 0 Å². The average molecular weight is 345 g/mol. The summed E-state index contributed by atoms with van der Waals surface area (Å²) in [7, 11) is 0. The maximum absolute atomic E-state index is 12.0. The van der Waals surface area contributed by atoms with Crippen molar-refractivity contribution < 1.29 is 13.9 Å². The number of hydrogen-bond donors (Lipinski definition) is 1. The molecule has 0 unspecified atom stereocenters. The smallest absolute Gasteiger partial charge is 0.325 e. The van der Waals surface area contributed by atoms with E-state index in [1.807, 2.05) is 37.3 Å². The molecule has 3 heterocycles. The van der Waals surface area contributed by atoms with Gasteiger partial charge in [0.25, 0.3) is 0 Å². The SMILES string of the molecule is CCOC(=O)CN1C(=S)N[C@@H](c2ccccn2)[C@H]1c1ccc(C)o1. The van der Waals surface area contributed by atoms with Gasteiger partial charge in [0, 0.05) is 6.20 Å². The summed E-state index contributed by atoms with van der Waals surface area (Å²) in [6, 6.07) is 9.06. The number of hydrogen-bond acceptors (Lipinski definition) is 5. The number of pyridine rings is 1. The van der Waals surface area contributed by atoms with Gasteiger partial charge in [0.15, 0.2) is 5.11 Å². The highest BCUT2D eigenvalue weighted by Crippen LogP contribution is 2.38. The van der Waals surface area contributed by atoms with Crippen LogP contribution in [-0.2, 0) is 9.53 Å². The van der Waals surface area contributed by atoms with Crippen LogP contribution in [0, 0.1) is 6.92 Å². The normalized spacial score (nSPS) is 20.1. The van der Waals surface area contributed by atoms with Gasteiger partial charge in [-0.15, -0.1) is 0 Å². The lowest BCUT2D eigenvalue weighted by Gasteiger charge is -2.25. The molecule has 1 aliphatic heterocycles. The van der Waals surface area contributed by atoms with Gasteiger partial charge >= 0.3 is 5.97 Å². The number of ether oxygens (including phenoxy) is 1. The minimum Gasteiger partial charge on any atom is -0.465 e. The maximum Gasteiger partial charge on any atom is 0.325 e. The Morgan fingerprint density at radius 3 is 2.88 bits per heavy atom. The topological polar surface area (TPSA) is 67.6 Å². The molecule has 1 fully saturated rings. The number of rotatable bonds is 5. The van der Waals surface area contributed by atoms with Crippen LogP contribution in [-0.4, -0.2) is 34.1 Å². The maximum atomic E-state index is 12.0. The molecular formula is C17H19N3O3S. The van der Waals surface area contributed by atoms with E-state index in [9.17, 15) is 4.79 Å². The minimum atomic E-state index is -0.323. The largest absolute Gasteiger partial charge is 0.465 e. The van der Waals surface area contributed by atoms with Gasteiger partial charge in [-0.1, -0.05) is 6.07 Å². The van der Waals surface area contributed by atoms with Gasteiger partial charge in [-0.25, -0.2) is 0 Å². The Morgan fingerprint density at radius 2 is 2.25 bits per heavy atom. The second-order valence-corrected chi connectivity index (χ2v) is 5.89. The molecule has 0 spiro atoms. The first-order valence-corrected chi connectivity index (χ1v) is 8.21. The van der Waals surface area contributed by atoms with Crippen molar-refractivity contribution >= 4 is 23.3 Å². The van der Waals surface area contributed by atoms with E-state index in [1.54, 1.807) is 18.0 Å². The van der Waals surface area contributed by atoms with E-state index in [2.05, 4.69) is 10.3 Å². The third-order valence-electron chi connectivity index (χ3n) is 3.86. The van der Waals surface area contributed by atoms with E-state index in [-0.39, 0.29) is 24.6 Å². The van der Waals surface area contributed by atoms with E-state index in [0.717, 1.165) is 17.2 Å². The van der Waals surface area contributed by atoms with Gasteiger partial charge < -0.3 is 19.4 Å². The zero-order valence-electron chi connectivity index (χ0n) is 13.6. The highest BCUT2D eigenvalue weighted by molar-refractivity contribution is 7.80. The summed E-state index contributed by atoms with van der Waals surface area (Å²) < 4.78 is 10.9. The molecule has 1 aliphatic rings. The fourth-order valence-corrected chi connectivity index (χ4v) is 3.15.